The lowest BCUT2D eigenvalue weighted by Gasteiger charge is -2.16. The molecule has 0 unspecified atom stereocenters. The second-order valence-electron chi connectivity index (χ2n) is 4.25. The Morgan fingerprint density at radius 3 is 2.65 bits per heavy atom. The van der Waals surface area contributed by atoms with E-state index in [4.69, 9.17) is 0 Å². The zero-order chi connectivity index (χ0) is 14.5. The third-order valence-electron chi connectivity index (χ3n) is 2.59. The molecule has 0 spiro atoms. The van der Waals surface area contributed by atoms with Gasteiger partial charge in [-0.25, -0.2) is 4.39 Å². The Morgan fingerprint density at radius 1 is 1.35 bits per heavy atom. The summed E-state index contributed by atoms with van der Waals surface area (Å²) in [7, 11) is 1.73. The van der Waals surface area contributed by atoms with Crippen LogP contribution in [0.5, 0.6) is 0 Å². The number of halogens is 1. The number of hydrogen-bond acceptors (Lipinski definition) is 5. The van der Waals surface area contributed by atoms with Gasteiger partial charge in [0.1, 0.15) is 10.8 Å². The fourth-order valence-corrected chi connectivity index (χ4v) is 3.28. The van der Waals surface area contributed by atoms with Crippen molar-refractivity contribution in [1.29, 1.82) is 0 Å². The van der Waals surface area contributed by atoms with Gasteiger partial charge in [-0.05, 0) is 24.6 Å². The van der Waals surface area contributed by atoms with Crippen LogP contribution in [0, 0.1) is 12.7 Å². The normalized spacial score (nSPS) is 10.6. The number of aromatic nitrogens is 2. The van der Waals surface area contributed by atoms with E-state index in [1.165, 1.54) is 35.2 Å². The van der Waals surface area contributed by atoms with E-state index in [0.29, 0.717) is 12.3 Å². The van der Waals surface area contributed by atoms with E-state index in [2.05, 4.69) is 10.2 Å². The molecule has 2 aromatic rings. The lowest BCUT2D eigenvalue weighted by molar-refractivity contribution is -0.127. The molecule has 0 atom stereocenters. The lowest BCUT2D eigenvalue weighted by atomic mass is 10.2. The molecule has 0 radical (unpaired) electrons. The molecule has 4 nitrogen and oxygen atoms in total. The molecule has 0 bridgehead atoms. The maximum absolute atomic E-state index is 12.8. The summed E-state index contributed by atoms with van der Waals surface area (Å²) in [6, 6.07) is 6.15. The Kier molecular flexibility index (Phi) is 5.08. The van der Waals surface area contributed by atoms with Crippen molar-refractivity contribution in [3.63, 3.8) is 0 Å². The third-order valence-corrected chi connectivity index (χ3v) is 4.54. The minimum Gasteiger partial charge on any atom is -0.341 e. The van der Waals surface area contributed by atoms with E-state index in [9.17, 15) is 9.18 Å². The predicted octanol–water partition coefficient (Wildman–Crippen LogP) is 2.74. The molecular weight excluding hydrogens is 297 g/mol. The summed E-state index contributed by atoms with van der Waals surface area (Å²) in [5, 5.41) is 8.75. The van der Waals surface area contributed by atoms with Crippen molar-refractivity contribution in [3.8, 4) is 0 Å². The maximum Gasteiger partial charge on any atom is 0.233 e. The van der Waals surface area contributed by atoms with E-state index in [0.717, 1.165) is 14.9 Å². The van der Waals surface area contributed by atoms with Crippen LogP contribution >= 0.6 is 23.1 Å². The summed E-state index contributed by atoms with van der Waals surface area (Å²) in [5.74, 6) is 0.0592. The number of benzene rings is 1. The molecule has 0 aliphatic heterocycles. The number of rotatable bonds is 5. The number of carbonyl (C=O) groups excluding carboxylic acids is 1. The quantitative estimate of drug-likeness (QED) is 0.797. The fourth-order valence-electron chi connectivity index (χ4n) is 1.52. The van der Waals surface area contributed by atoms with Gasteiger partial charge in [-0.15, -0.1) is 10.2 Å². The van der Waals surface area contributed by atoms with Crippen LogP contribution in [-0.2, 0) is 11.3 Å². The molecule has 106 valence electrons. The van der Waals surface area contributed by atoms with Gasteiger partial charge in [0.25, 0.3) is 0 Å². The topological polar surface area (TPSA) is 46.1 Å². The number of thioether (sulfide) groups is 1. The van der Waals surface area contributed by atoms with E-state index in [1.54, 1.807) is 24.1 Å². The Bertz CT molecular complexity index is 586. The first-order valence-electron chi connectivity index (χ1n) is 5.96. The maximum atomic E-state index is 12.8. The largest absolute Gasteiger partial charge is 0.341 e. The first kappa shape index (κ1) is 14.9. The summed E-state index contributed by atoms with van der Waals surface area (Å²) in [4.78, 5) is 13.6. The first-order chi connectivity index (χ1) is 9.54. The van der Waals surface area contributed by atoms with Crippen LogP contribution in [-0.4, -0.2) is 33.8 Å². The van der Waals surface area contributed by atoms with Gasteiger partial charge < -0.3 is 4.90 Å². The van der Waals surface area contributed by atoms with Crippen LogP contribution in [0.4, 0.5) is 4.39 Å². The molecule has 0 saturated carbocycles. The van der Waals surface area contributed by atoms with Crippen LogP contribution in [0.1, 0.15) is 10.6 Å². The molecule has 1 heterocycles. The second kappa shape index (κ2) is 6.81. The van der Waals surface area contributed by atoms with Gasteiger partial charge in [-0.1, -0.05) is 35.2 Å². The molecule has 1 aromatic carbocycles. The van der Waals surface area contributed by atoms with Crippen LogP contribution in [0.3, 0.4) is 0 Å². The van der Waals surface area contributed by atoms with Crippen LogP contribution in [0.15, 0.2) is 28.6 Å². The highest BCUT2D eigenvalue weighted by Crippen LogP contribution is 2.22. The van der Waals surface area contributed by atoms with Gasteiger partial charge in [0.2, 0.25) is 5.91 Å². The van der Waals surface area contributed by atoms with E-state index in [1.807, 2.05) is 6.92 Å². The molecule has 0 saturated heterocycles. The number of hydrogen-bond donors (Lipinski definition) is 0. The highest BCUT2D eigenvalue weighted by Gasteiger charge is 2.11. The van der Waals surface area contributed by atoms with Crippen molar-refractivity contribution in [2.75, 3.05) is 12.8 Å². The summed E-state index contributed by atoms with van der Waals surface area (Å²) >= 11 is 2.86. The average Bonchev–Trinajstić information content (AvgIpc) is 2.84. The van der Waals surface area contributed by atoms with Crippen molar-refractivity contribution >= 4 is 29.0 Å². The van der Waals surface area contributed by atoms with Gasteiger partial charge in [0.15, 0.2) is 4.34 Å². The van der Waals surface area contributed by atoms with Gasteiger partial charge in [0.05, 0.1) is 5.75 Å². The smallest absolute Gasteiger partial charge is 0.233 e. The highest BCUT2D eigenvalue weighted by atomic mass is 32.2. The van der Waals surface area contributed by atoms with Gasteiger partial charge in [-0.3, -0.25) is 4.79 Å². The van der Waals surface area contributed by atoms with Crippen LogP contribution in [0.25, 0.3) is 0 Å². The Labute approximate surface area is 125 Å². The molecular formula is C13H14FN3OS2. The van der Waals surface area contributed by atoms with Gasteiger partial charge in [-0.2, -0.15) is 0 Å². The monoisotopic (exact) mass is 311 g/mol. The average molecular weight is 311 g/mol. The Hall–Kier alpha value is -1.47. The van der Waals surface area contributed by atoms with Crippen LogP contribution in [0.2, 0.25) is 0 Å². The highest BCUT2D eigenvalue weighted by molar-refractivity contribution is 8.01. The lowest BCUT2D eigenvalue weighted by Crippen LogP contribution is -2.27. The molecule has 0 N–H and O–H groups in total. The van der Waals surface area contributed by atoms with Gasteiger partial charge in [0, 0.05) is 13.6 Å². The molecule has 1 amide bonds. The standard InChI is InChI=1S/C13H14FN3OS2/c1-9-15-16-13(20-9)19-8-12(18)17(2)7-10-3-5-11(14)6-4-10/h3-6H,7-8H2,1-2H3. The Balaban J connectivity index is 1.84. The first-order valence-corrected chi connectivity index (χ1v) is 7.76. The summed E-state index contributed by atoms with van der Waals surface area (Å²) in [6.07, 6.45) is 0. The molecule has 20 heavy (non-hydrogen) atoms. The zero-order valence-electron chi connectivity index (χ0n) is 11.2. The van der Waals surface area contributed by atoms with Crippen molar-refractivity contribution < 1.29 is 9.18 Å². The number of carbonyl (C=O) groups is 1. The SMILES string of the molecule is Cc1nnc(SCC(=O)N(C)Cc2ccc(F)cc2)s1. The van der Waals surface area contributed by atoms with E-state index in [-0.39, 0.29) is 11.7 Å². The minimum absolute atomic E-state index is 0.00665. The molecule has 1 aromatic heterocycles. The summed E-state index contributed by atoms with van der Waals surface area (Å²) < 4.78 is 13.6. The van der Waals surface area contributed by atoms with Crippen molar-refractivity contribution in [2.24, 2.45) is 0 Å². The minimum atomic E-state index is -0.273. The van der Waals surface area contributed by atoms with Crippen molar-refractivity contribution in [3.05, 3.63) is 40.7 Å². The number of amides is 1. The molecule has 0 aliphatic rings. The van der Waals surface area contributed by atoms with Crippen molar-refractivity contribution in [2.45, 2.75) is 17.8 Å². The summed E-state index contributed by atoms with van der Waals surface area (Å²) in [5.41, 5.74) is 0.902. The van der Waals surface area contributed by atoms with Crippen molar-refractivity contribution in [1.82, 2.24) is 15.1 Å². The van der Waals surface area contributed by atoms with E-state index >= 15 is 0 Å². The van der Waals surface area contributed by atoms with E-state index < -0.39 is 0 Å². The third kappa shape index (κ3) is 4.28. The molecule has 0 aliphatic carbocycles. The number of nitrogens with zero attached hydrogens (tertiary/aromatic N) is 3. The Morgan fingerprint density at radius 2 is 2.05 bits per heavy atom. The zero-order valence-corrected chi connectivity index (χ0v) is 12.8. The number of aryl methyl sites for hydroxylation is 1. The molecule has 7 heteroatoms. The van der Waals surface area contributed by atoms with Gasteiger partial charge >= 0.3 is 0 Å². The predicted molar refractivity (Wildman–Crippen MR) is 78.2 cm³/mol. The fraction of sp³-hybridized carbons (Fsp3) is 0.308. The second-order valence-corrected chi connectivity index (χ2v) is 6.66. The van der Waals surface area contributed by atoms with Crippen LogP contribution < -0.4 is 0 Å². The molecule has 2 rings (SSSR count). The summed E-state index contributed by atoms with van der Waals surface area (Å²) in [6.45, 7) is 2.35. The molecule has 0 fully saturated rings.